The molecule has 0 fully saturated rings. The van der Waals surface area contributed by atoms with E-state index in [0.717, 1.165) is 5.57 Å². The normalized spacial score (nSPS) is 21.9. The van der Waals surface area contributed by atoms with Crippen LogP contribution in [0.25, 0.3) is 0 Å². The van der Waals surface area contributed by atoms with Crippen molar-refractivity contribution in [2.24, 2.45) is 5.73 Å². The Kier molecular flexibility index (Phi) is 3.66. The molecule has 62 valence electrons. The largest absolute Gasteiger partial charge is 0.367 e. The van der Waals surface area contributed by atoms with E-state index in [2.05, 4.69) is 8.09 Å². The van der Waals surface area contributed by atoms with Crippen LogP contribution in [0.5, 0.6) is 0 Å². The van der Waals surface area contributed by atoms with Crippen LogP contribution >= 0.6 is 43.3 Å². The monoisotopic (exact) mass is 377 g/mol. The first kappa shape index (κ1) is 9.82. The molecular weight excluding hydrogens is 368 g/mol. The molecule has 2 nitrogen and oxygen atoms in total. The number of alkyl halides is 1. The first-order valence-electron chi connectivity index (χ1n) is 3.09. The molecule has 0 saturated heterocycles. The Hall–Kier alpha value is 0.730. The van der Waals surface area contributed by atoms with Gasteiger partial charge in [-0.3, -0.25) is 5.73 Å². The fraction of sp³-hybridized carbons (Fsp3) is 0.286. The standard InChI is InChI=1S/C7H9I2NO/c8-7(10,11)4-6-2-1-3-9-5-6/h1-3,5,11H,4,10H2. The molecule has 1 rings (SSSR count). The zero-order valence-electron chi connectivity index (χ0n) is 5.80. The third kappa shape index (κ3) is 4.34. The van der Waals surface area contributed by atoms with Gasteiger partial charge in [0.15, 0.2) is 3.73 Å². The van der Waals surface area contributed by atoms with Crippen LogP contribution in [0.1, 0.15) is 6.42 Å². The number of nitrogens with two attached hydrogens (primary N) is 1. The molecule has 3 N–H and O–H groups in total. The van der Waals surface area contributed by atoms with Gasteiger partial charge < -0.3 is 5.11 Å². The van der Waals surface area contributed by atoms with E-state index in [9.17, 15) is 5.11 Å². The average Bonchev–Trinajstić information content (AvgIpc) is 1.85. The summed E-state index contributed by atoms with van der Waals surface area (Å²) in [6, 6.07) is 0. The van der Waals surface area contributed by atoms with Crippen molar-refractivity contribution in [2.45, 2.75) is 10.2 Å². The van der Waals surface area contributed by atoms with Gasteiger partial charge in [0.1, 0.15) is 0 Å². The molecule has 0 amide bonds. The zero-order chi connectivity index (χ0) is 8.32. The van der Waals surface area contributed by atoms with E-state index in [1.165, 1.54) is 0 Å². The van der Waals surface area contributed by atoms with Crippen LogP contribution in [0.15, 0.2) is 21.8 Å². The molecule has 1 aliphatic heterocycles. The van der Waals surface area contributed by atoms with Crippen LogP contribution in [0.4, 0.5) is 0 Å². The van der Waals surface area contributed by atoms with Gasteiger partial charge in [0.25, 0.3) is 0 Å². The second-order valence-corrected chi connectivity index (χ2v) is 6.22. The third-order valence-corrected chi connectivity index (χ3v) is 3.48. The average molecular weight is 377 g/mol. The topological polar surface area (TPSA) is 46.2 Å². The van der Waals surface area contributed by atoms with Gasteiger partial charge in [-0.1, -0.05) is 32.9 Å². The van der Waals surface area contributed by atoms with Crippen molar-refractivity contribution in [3.05, 3.63) is 21.8 Å². The van der Waals surface area contributed by atoms with Gasteiger partial charge in [-0.25, -0.2) is 0 Å². The number of hydrogen-bond acceptors (Lipinski definition) is 2. The molecule has 0 saturated carbocycles. The maximum atomic E-state index is 9.26. The van der Waals surface area contributed by atoms with E-state index in [1.54, 1.807) is 0 Å². The molecule has 1 unspecified atom stereocenters. The zero-order valence-corrected chi connectivity index (χ0v) is 10.1. The van der Waals surface area contributed by atoms with Crippen molar-refractivity contribution < 1.29 is 5.11 Å². The summed E-state index contributed by atoms with van der Waals surface area (Å²) in [4.78, 5) is 0. The quantitative estimate of drug-likeness (QED) is 0.333. The van der Waals surface area contributed by atoms with Crippen LogP contribution in [-0.4, -0.2) is 12.8 Å². The van der Waals surface area contributed by atoms with Crippen LogP contribution in [-0.2, 0) is 0 Å². The summed E-state index contributed by atoms with van der Waals surface area (Å²) < 4.78 is 3.26. The Bertz CT molecular complexity index is 225. The van der Waals surface area contributed by atoms with Crippen molar-refractivity contribution in [1.29, 1.82) is 0 Å². The van der Waals surface area contributed by atoms with E-state index in [0.29, 0.717) is 6.42 Å². The lowest BCUT2D eigenvalue weighted by Gasteiger charge is -2.15. The minimum absolute atomic E-state index is 0.0760. The second kappa shape index (κ2) is 4.11. The highest BCUT2D eigenvalue weighted by Gasteiger charge is 2.16. The Labute approximate surface area is 89.4 Å². The summed E-state index contributed by atoms with van der Waals surface area (Å²) in [5.74, 6) is 0. The number of allylic oxidation sites excluding steroid dienone is 2. The van der Waals surface area contributed by atoms with Crippen LogP contribution in [0, 0.1) is 0 Å². The third-order valence-electron chi connectivity index (χ3n) is 1.11. The van der Waals surface area contributed by atoms with E-state index >= 15 is 0 Å². The number of hydrogen-bond donors (Lipinski definition) is 2. The lowest BCUT2D eigenvalue weighted by molar-refractivity contribution is 0.166. The Balaban J connectivity index is 2.58. The van der Waals surface area contributed by atoms with Crippen molar-refractivity contribution in [3.8, 4) is 0 Å². The molecule has 0 bridgehead atoms. The molecule has 0 spiro atoms. The molecule has 11 heavy (non-hydrogen) atoms. The van der Waals surface area contributed by atoms with E-state index in [1.807, 2.05) is 34.7 Å². The molecular formula is C7H9I2NO. The molecule has 0 aromatic heterocycles. The summed E-state index contributed by atoms with van der Waals surface area (Å²) in [6.45, 7) is 0. The van der Waals surface area contributed by atoms with E-state index in [-0.39, 0.29) is 20.7 Å². The molecule has 0 aromatic carbocycles. The summed E-state index contributed by atoms with van der Waals surface area (Å²) in [5, 5.41) is 9.26. The van der Waals surface area contributed by atoms with E-state index in [4.69, 9.17) is 5.73 Å². The minimum atomic E-state index is -1.09. The highest BCUT2D eigenvalue weighted by Crippen LogP contribution is 2.20. The number of halogens is 2. The first-order chi connectivity index (χ1) is 5.08. The summed E-state index contributed by atoms with van der Waals surface area (Å²) in [7, 11) is 0. The highest BCUT2D eigenvalue weighted by atomic mass is 127. The Morgan fingerprint density at radius 1 is 1.73 bits per heavy atom. The number of aliphatic hydroxyl groups is 1. The summed E-state index contributed by atoms with van der Waals surface area (Å²) in [6.07, 6.45) is 4.57. The van der Waals surface area contributed by atoms with Crippen molar-refractivity contribution in [2.75, 3.05) is 0 Å². The van der Waals surface area contributed by atoms with Gasteiger partial charge in [0, 0.05) is 6.42 Å². The first-order valence-corrected chi connectivity index (χ1v) is 6.66. The van der Waals surface area contributed by atoms with Gasteiger partial charge in [-0.2, -0.15) is 0 Å². The maximum absolute atomic E-state index is 9.26. The predicted molar refractivity (Wildman–Crippen MR) is 65.1 cm³/mol. The molecule has 1 heterocycles. The summed E-state index contributed by atoms with van der Waals surface area (Å²) >= 11 is 1.92. The molecule has 0 aromatic rings. The minimum Gasteiger partial charge on any atom is -0.367 e. The van der Waals surface area contributed by atoms with Crippen molar-refractivity contribution >= 4 is 47.3 Å². The molecule has 0 radical (unpaired) electrons. The van der Waals surface area contributed by atoms with Crippen LogP contribution in [0.3, 0.4) is 0 Å². The van der Waals surface area contributed by atoms with Gasteiger partial charge in [0.05, 0.1) is 0 Å². The lowest BCUT2D eigenvalue weighted by atomic mass is 10.2. The maximum Gasteiger partial charge on any atom is 0.170 e. The van der Waals surface area contributed by atoms with Gasteiger partial charge >= 0.3 is 0 Å². The van der Waals surface area contributed by atoms with Gasteiger partial charge in [-0.15, -0.1) is 0 Å². The van der Waals surface area contributed by atoms with E-state index < -0.39 is 3.73 Å². The SMILES string of the molecule is NC(O)(I)CC1=CC=CI=C1. The molecule has 1 atom stereocenters. The molecule has 1 aliphatic rings. The Morgan fingerprint density at radius 3 is 2.91 bits per heavy atom. The molecule has 4 heteroatoms. The van der Waals surface area contributed by atoms with Gasteiger partial charge in [0.2, 0.25) is 0 Å². The van der Waals surface area contributed by atoms with Crippen LogP contribution < -0.4 is 5.73 Å². The lowest BCUT2D eigenvalue weighted by Crippen LogP contribution is -2.32. The van der Waals surface area contributed by atoms with Crippen molar-refractivity contribution in [3.63, 3.8) is 0 Å². The summed E-state index contributed by atoms with van der Waals surface area (Å²) in [5.41, 5.74) is 6.59. The fourth-order valence-corrected chi connectivity index (χ4v) is 2.72. The highest BCUT2D eigenvalue weighted by molar-refractivity contribution is 14.2. The van der Waals surface area contributed by atoms with Gasteiger partial charge in [-0.05, 0) is 36.3 Å². The second-order valence-electron chi connectivity index (χ2n) is 2.29. The van der Waals surface area contributed by atoms with Crippen LogP contribution in [0.2, 0.25) is 0 Å². The smallest absolute Gasteiger partial charge is 0.170 e. The Morgan fingerprint density at radius 2 is 2.45 bits per heavy atom. The number of rotatable bonds is 2. The van der Waals surface area contributed by atoms with Crippen molar-refractivity contribution in [1.82, 2.24) is 0 Å². The molecule has 0 aliphatic carbocycles. The predicted octanol–water partition coefficient (Wildman–Crippen LogP) is 1.64. The fourth-order valence-electron chi connectivity index (χ4n) is 0.739.